The van der Waals surface area contributed by atoms with Gasteiger partial charge in [0.15, 0.2) is 5.96 Å². The van der Waals surface area contributed by atoms with Gasteiger partial charge in [-0.2, -0.15) is 0 Å². The van der Waals surface area contributed by atoms with Gasteiger partial charge in [-0.1, -0.05) is 12.1 Å². The van der Waals surface area contributed by atoms with Gasteiger partial charge in [-0.25, -0.2) is 9.97 Å². The van der Waals surface area contributed by atoms with Crippen molar-refractivity contribution in [3.63, 3.8) is 0 Å². The van der Waals surface area contributed by atoms with E-state index < -0.39 is 0 Å². The van der Waals surface area contributed by atoms with Crippen molar-refractivity contribution in [3.05, 3.63) is 46.2 Å². The zero-order chi connectivity index (χ0) is 16.9. The number of thiazole rings is 1. The van der Waals surface area contributed by atoms with Crippen LogP contribution in [0.3, 0.4) is 0 Å². The lowest BCUT2D eigenvalue weighted by atomic mass is 10.3. The van der Waals surface area contributed by atoms with E-state index in [1.807, 2.05) is 31.4 Å². The van der Waals surface area contributed by atoms with Crippen LogP contribution in [0.1, 0.15) is 15.7 Å². The molecule has 0 radical (unpaired) electrons. The quantitative estimate of drug-likeness (QED) is 0.551. The Morgan fingerprint density at radius 3 is 2.83 bits per heavy atom. The Bertz CT molecular complexity index is 848. The lowest BCUT2D eigenvalue weighted by Crippen LogP contribution is -2.38. The number of para-hydroxylation sites is 2. The van der Waals surface area contributed by atoms with Crippen molar-refractivity contribution >= 4 is 28.3 Å². The smallest absolute Gasteiger partial charge is 0.191 e. The van der Waals surface area contributed by atoms with Crippen LogP contribution in [0.15, 0.2) is 35.5 Å². The molecule has 0 aliphatic rings. The number of nitrogens with one attached hydrogen (secondary N) is 2. The summed E-state index contributed by atoms with van der Waals surface area (Å²) in [6.45, 7) is 3.50. The summed E-state index contributed by atoms with van der Waals surface area (Å²) in [7, 11) is 3.81. The van der Waals surface area contributed by atoms with Crippen LogP contribution in [0.4, 0.5) is 0 Å². The first-order valence-corrected chi connectivity index (χ1v) is 8.75. The first-order valence-electron chi connectivity index (χ1n) is 7.93. The molecule has 2 heterocycles. The van der Waals surface area contributed by atoms with E-state index >= 15 is 0 Å². The number of fused-ring (bicyclic) bond motifs is 1. The molecule has 3 aromatic rings. The van der Waals surface area contributed by atoms with Crippen molar-refractivity contribution in [2.45, 2.75) is 19.9 Å². The minimum atomic E-state index is 0.626. The molecule has 0 amide bonds. The highest BCUT2D eigenvalue weighted by molar-refractivity contribution is 7.11. The number of nitrogens with zero attached hydrogens (tertiary/aromatic N) is 4. The molecule has 0 saturated heterocycles. The Morgan fingerprint density at radius 1 is 1.29 bits per heavy atom. The van der Waals surface area contributed by atoms with Crippen molar-refractivity contribution in [1.82, 2.24) is 25.2 Å². The second kappa shape index (κ2) is 7.44. The number of aliphatic imine (C=N–C) groups is 1. The summed E-state index contributed by atoms with van der Waals surface area (Å²) in [5, 5.41) is 7.78. The molecule has 126 valence electrons. The summed E-state index contributed by atoms with van der Waals surface area (Å²) in [6, 6.07) is 8.15. The van der Waals surface area contributed by atoms with Gasteiger partial charge in [0.25, 0.3) is 0 Å². The lowest BCUT2D eigenvalue weighted by Gasteiger charge is -2.11. The molecular formula is C17H22N6S. The molecule has 0 unspecified atom stereocenters. The Morgan fingerprint density at radius 2 is 2.12 bits per heavy atom. The number of benzene rings is 1. The van der Waals surface area contributed by atoms with Gasteiger partial charge in [-0.3, -0.25) is 4.99 Å². The molecule has 1 aromatic carbocycles. The van der Waals surface area contributed by atoms with Gasteiger partial charge in [0, 0.05) is 38.1 Å². The number of aryl methyl sites for hydroxylation is 2. The topological polar surface area (TPSA) is 67.1 Å². The van der Waals surface area contributed by atoms with Crippen LogP contribution in [0.2, 0.25) is 0 Å². The minimum absolute atomic E-state index is 0.626. The van der Waals surface area contributed by atoms with E-state index in [0.29, 0.717) is 6.54 Å². The molecule has 6 nitrogen and oxygen atoms in total. The Kier molecular flexibility index (Phi) is 5.10. The van der Waals surface area contributed by atoms with E-state index in [0.717, 1.165) is 40.8 Å². The van der Waals surface area contributed by atoms with Crippen LogP contribution >= 0.6 is 11.3 Å². The fourth-order valence-corrected chi connectivity index (χ4v) is 3.33. The van der Waals surface area contributed by atoms with Crippen LogP contribution in [-0.2, 0) is 20.0 Å². The SMILES string of the molecule is CN=C(NCCc1ncc(C)s1)NCc1nc2ccccc2n1C. The number of aromatic nitrogens is 3. The largest absolute Gasteiger partial charge is 0.356 e. The number of rotatable bonds is 5. The van der Waals surface area contributed by atoms with Gasteiger partial charge < -0.3 is 15.2 Å². The van der Waals surface area contributed by atoms with E-state index in [1.54, 1.807) is 18.4 Å². The molecule has 24 heavy (non-hydrogen) atoms. The third kappa shape index (κ3) is 3.73. The highest BCUT2D eigenvalue weighted by atomic mass is 32.1. The van der Waals surface area contributed by atoms with Gasteiger partial charge in [0.1, 0.15) is 5.82 Å². The molecular weight excluding hydrogens is 320 g/mol. The minimum Gasteiger partial charge on any atom is -0.356 e. The molecule has 0 saturated carbocycles. The van der Waals surface area contributed by atoms with Crippen molar-refractivity contribution in [1.29, 1.82) is 0 Å². The van der Waals surface area contributed by atoms with Crippen molar-refractivity contribution in [2.24, 2.45) is 12.0 Å². The van der Waals surface area contributed by atoms with Crippen molar-refractivity contribution < 1.29 is 0 Å². The maximum Gasteiger partial charge on any atom is 0.191 e. The number of guanidine groups is 1. The first kappa shape index (κ1) is 16.4. The van der Waals surface area contributed by atoms with Crippen molar-refractivity contribution in [2.75, 3.05) is 13.6 Å². The van der Waals surface area contributed by atoms with Crippen LogP contribution in [0.5, 0.6) is 0 Å². The lowest BCUT2D eigenvalue weighted by molar-refractivity contribution is 0.733. The van der Waals surface area contributed by atoms with Crippen LogP contribution in [0, 0.1) is 6.92 Å². The Hall–Kier alpha value is -2.41. The average Bonchev–Trinajstić information content (AvgIpc) is 3.15. The third-order valence-electron chi connectivity index (χ3n) is 3.82. The number of imidazole rings is 1. The van der Waals surface area contributed by atoms with Crippen molar-refractivity contribution in [3.8, 4) is 0 Å². The summed E-state index contributed by atoms with van der Waals surface area (Å²) in [4.78, 5) is 14.5. The highest BCUT2D eigenvalue weighted by Crippen LogP contribution is 2.14. The number of hydrogen-bond acceptors (Lipinski definition) is 4. The molecule has 0 aliphatic heterocycles. The molecule has 0 aliphatic carbocycles. The molecule has 0 atom stereocenters. The van der Waals surface area contributed by atoms with Gasteiger partial charge in [0.05, 0.1) is 22.6 Å². The van der Waals surface area contributed by atoms with E-state index in [2.05, 4.69) is 43.2 Å². The van der Waals surface area contributed by atoms with E-state index in [1.165, 1.54) is 4.88 Å². The molecule has 0 bridgehead atoms. The standard InChI is InChI=1S/C17H22N6S/c1-12-10-20-16(24-12)8-9-19-17(18-2)21-11-15-22-13-6-4-5-7-14(13)23(15)3/h4-7,10H,8-9,11H2,1-3H3,(H2,18,19,21). The summed E-state index contributed by atoms with van der Waals surface area (Å²) in [5.74, 6) is 1.75. The molecule has 2 aromatic heterocycles. The normalized spacial score (nSPS) is 11.9. The molecule has 7 heteroatoms. The Labute approximate surface area is 145 Å². The fraction of sp³-hybridized carbons (Fsp3) is 0.353. The molecule has 3 rings (SSSR count). The van der Waals surface area contributed by atoms with Crippen LogP contribution in [0.25, 0.3) is 11.0 Å². The van der Waals surface area contributed by atoms with Gasteiger partial charge >= 0.3 is 0 Å². The van der Waals surface area contributed by atoms with Gasteiger partial charge in [-0.15, -0.1) is 11.3 Å². The average molecular weight is 342 g/mol. The summed E-state index contributed by atoms with van der Waals surface area (Å²) in [6.07, 6.45) is 2.81. The van der Waals surface area contributed by atoms with E-state index in [4.69, 9.17) is 0 Å². The maximum atomic E-state index is 4.66. The monoisotopic (exact) mass is 342 g/mol. The highest BCUT2D eigenvalue weighted by Gasteiger charge is 2.07. The zero-order valence-electron chi connectivity index (χ0n) is 14.2. The molecule has 0 fully saturated rings. The second-order valence-electron chi connectivity index (χ2n) is 5.54. The summed E-state index contributed by atoms with van der Waals surface area (Å²) >= 11 is 1.74. The molecule has 0 spiro atoms. The van der Waals surface area contributed by atoms with E-state index in [9.17, 15) is 0 Å². The maximum absolute atomic E-state index is 4.66. The number of hydrogen-bond donors (Lipinski definition) is 2. The zero-order valence-corrected chi connectivity index (χ0v) is 15.0. The van der Waals surface area contributed by atoms with Gasteiger partial charge in [-0.05, 0) is 19.1 Å². The van der Waals surface area contributed by atoms with Crippen LogP contribution < -0.4 is 10.6 Å². The van der Waals surface area contributed by atoms with Crippen LogP contribution in [-0.4, -0.2) is 34.1 Å². The molecule has 2 N–H and O–H groups in total. The summed E-state index contributed by atoms with van der Waals surface area (Å²) in [5.41, 5.74) is 2.15. The second-order valence-corrected chi connectivity index (χ2v) is 6.86. The Balaban J connectivity index is 1.54. The first-order chi connectivity index (χ1) is 11.7. The van der Waals surface area contributed by atoms with Gasteiger partial charge in [0.2, 0.25) is 0 Å². The summed E-state index contributed by atoms with van der Waals surface area (Å²) < 4.78 is 2.11. The van der Waals surface area contributed by atoms with E-state index in [-0.39, 0.29) is 0 Å². The predicted octanol–water partition coefficient (Wildman–Crippen LogP) is 2.25. The fourth-order valence-electron chi connectivity index (χ4n) is 2.54. The predicted molar refractivity (Wildman–Crippen MR) is 99.5 cm³/mol. The third-order valence-corrected chi connectivity index (χ3v) is 4.79.